The minimum Gasteiger partial charge on any atom is -0.342 e. The van der Waals surface area contributed by atoms with Crippen LogP contribution < -0.4 is 5.56 Å². The number of amides is 1. The van der Waals surface area contributed by atoms with Gasteiger partial charge in [0.2, 0.25) is 5.91 Å². The van der Waals surface area contributed by atoms with Crippen molar-refractivity contribution < 1.29 is 4.79 Å². The van der Waals surface area contributed by atoms with Crippen LogP contribution in [0.3, 0.4) is 0 Å². The van der Waals surface area contributed by atoms with Crippen molar-refractivity contribution in [2.45, 2.75) is 39.3 Å². The third-order valence-corrected chi connectivity index (χ3v) is 4.94. The van der Waals surface area contributed by atoms with Crippen molar-refractivity contribution >= 4 is 27.8 Å². The number of aromatic nitrogens is 4. The highest BCUT2D eigenvalue weighted by Gasteiger charge is 2.19. The predicted molar refractivity (Wildman–Crippen MR) is 112 cm³/mol. The Bertz CT molecular complexity index is 1190. The Morgan fingerprint density at radius 2 is 1.66 bits per heavy atom. The van der Waals surface area contributed by atoms with E-state index in [-0.39, 0.29) is 24.1 Å². The van der Waals surface area contributed by atoms with Crippen molar-refractivity contribution in [1.82, 2.24) is 24.8 Å². The molecule has 2 N–H and O–H groups in total. The van der Waals surface area contributed by atoms with Crippen LogP contribution in [-0.4, -0.2) is 36.8 Å². The lowest BCUT2D eigenvalue weighted by molar-refractivity contribution is -0.133. The highest BCUT2D eigenvalue weighted by Crippen LogP contribution is 2.14. The Morgan fingerprint density at radius 1 is 0.966 bits per heavy atom. The number of para-hydroxylation sites is 3. The summed E-state index contributed by atoms with van der Waals surface area (Å²) >= 11 is 0. The number of aromatic amines is 2. The third kappa shape index (κ3) is 4.03. The van der Waals surface area contributed by atoms with Crippen molar-refractivity contribution in [2.24, 2.45) is 0 Å². The van der Waals surface area contributed by atoms with E-state index in [9.17, 15) is 9.59 Å². The molecular formula is C22H23N5O2. The Labute approximate surface area is 167 Å². The van der Waals surface area contributed by atoms with E-state index in [0.29, 0.717) is 29.6 Å². The number of nitrogens with zero attached hydrogens (tertiary/aromatic N) is 3. The van der Waals surface area contributed by atoms with Crippen molar-refractivity contribution in [2.75, 3.05) is 0 Å². The van der Waals surface area contributed by atoms with Crippen LogP contribution in [0, 0.1) is 0 Å². The molecule has 0 bridgehead atoms. The van der Waals surface area contributed by atoms with Gasteiger partial charge >= 0.3 is 0 Å². The van der Waals surface area contributed by atoms with Gasteiger partial charge in [-0.15, -0.1) is 0 Å². The summed E-state index contributed by atoms with van der Waals surface area (Å²) in [7, 11) is 0. The number of benzene rings is 2. The van der Waals surface area contributed by atoms with E-state index < -0.39 is 0 Å². The smallest absolute Gasteiger partial charge is 0.258 e. The number of fused-ring (bicyclic) bond motifs is 2. The van der Waals surface area contributed by atoms with Gasteiger partial charge in [0.05, 0.1) is 28.5 Å². The molecule has 0 aliphatic heterocycles. The van der Waals surface area contributed by atoms with Crippen LogP contribution in [0.2, 0.25) is 0 Å². The van der Waals surface area contributed by atoms with Gasteiger partial charge in [-0.05, 0) is 38.1 Å². The molecule has 2 aromatic heterocycles. The maximum Gasteiger partial charge on any atom is 0.258 e. The highest BCUT2D eigenvalue weighted by molar-refractivity contribution is 5.78. The Kier molecular flexibility index (Phi) is 5.12. The molecule has 4 aromatic rings. The molecule has 29 heavy (non-hydrogen) atoms. The van der Waals surface area contributed by atoms with E-state index >= 15 is 0 Å². The van der Waals surface area contributed by atoms with Crippen LogP contribution in [0.25, 0.3) is 21.9 Å². The van der Waals surface area contributed by atoms with Crippen LogP contribution in [0.4, 0.5) is 0 Å². The monoisotopic (exact) mass is 389 g/mol. The molecule has 148 valence electrons. The van der Waals surface area contributed by atoms with Crippen molar-refractivity contribution in [3.05, 3.63) is 70.5 Å². The van der Waals surface area contributed by atoms with Crippen molar-refractivity contribution in [3.8, 4) is 0 Å². The normalized spacial score (nSPS) is 11.4. The zero-order chi connectivity index (χ0) is 20.4. The molecule has 4 rings (SSSR count). The average Bonchev–Trinajstić information content (AvgIpc) is 3.13. The molecule has 0 fully saturated rings. The largest absolute Gasteiger partial charge is 0.342 e. The highest BCUT2D eigenvalue weighted by atomic mass is 16.2. The number of imidazole rings is 1. The summed E-state index contributed by atoms with van der Waals surface area (Å²) in [5.74, 6) is 1.27. The fourth-order valence-electron chi connectivity index (χ4n) is 3.42. The molecule has 7 nitrogen and oxygen atoms in total. The van der Waals surface area contributed by atoms with Crippen LogP contribution in [0.5, 0.6) is 0 Å². The second kappa shape index (κ2) is 7.87. The van der Waals surface area contributed by atoms with Gasteiger partial charge in [0, 0.05) is 18.9 Å². The van der Waals surface area contributed by atoms with E-state index in [4.69, 9.17) is 0 Å². The van der Waals surface area contributed by atoms with Gasteiger partial charge in [0.1, 0.15) is 11.6 Å². The van der Waals surface area contributed by atoms with E-state index in [0.717, 1.165) is 16.9 Å². The quantitative estimate of drug-likeness (QED) is 0.529. The van der Waals surface area contributed by atoms with Crippen LogP contribution in [-0.2, 0) is 17.8 Å². The second-order valence-electron chi connectivity index (χ2n) is 7.35. The molecule has 0 unspecified atom stereocenters. The third-order valence-electron chi connectivity index (χ3n) is 4.94. The average molecular weight is 389 g/mol. The number of hydrogen-bond acceptors (Lipinski definition) is 4. The molecule has 0 radical (unpaired) electrons. The standard InChI is InChI=1S/C22H23N5O2/c1-14(2)27(13-20-23-16-8-4-3-7-15(16)22(29)26-20)21(28)12-11-19-24-17-9-5-6-10-18(17)25-19/h3-10,14H,11-13H2,1-2H3,(H,24,25)(H,23,26,29). The van der Waals surface area contributed by atoms with Gasteiger partial charge in [-0.2, -0.15) is 0 Å². The first kappa shape index (κ1) is 18.9. The van der Waals surface area contributed by atoms with E-state index in [1.807, 2.05) is 44.2 Å². The number of H-pyrrole nitrogens is 2. The zero-order valence-corrected chi connectivity index (χ0v) is 16.5. The molecule has 0 aliphatic carbocycles. The molecule has 0 aliphatic rings. The van der Waals surface area contributed by atoms with E-state index in [2.05, 4.69) is 19.9 Å². The van der Waals surface area contributed by atoms with Crippen LogP contribution in [0.15, 0.2) is 53.3 Å². The van der Waals surface area contributed by atoms with Crippen LogP contribution in [0.1, 0.15) is 31.9 Å². The summed E-state index contributed by atoms with van der Waals surface area (Å²) in [4.78, 5) is 42.0. The minimum absolute atomic E-state index is 0.00346. The van der Waals surface area contributed by atoms with Crippen LogP contribution >= 0.6 is 0 Å². The molecule has 0 saturated carbocycles. The second-order valence-corrected chi connectivity index (χ2v) is 7.35. The predicted octanol–water partition coefficient (Wildman–Crippen LogP) is 3.17. The summed E-state index contributed by atoms with van der Waals surface area (Å²) in [5, 5.41) is 0.545. The molecular weight excluding hydrogens is 366 g/mol. The number of rotatable bonds is 6. The number of carbonyl (C=O) groups excluding carboxylic acids is 1. The Hall–Kier alpha value is -3.48. The lowest BCUT2D eigenvalue weighted by atomic mass is 10.2. The summed E-state index contributed by atoms with van der Waals surface area (Å²) in [6, 6.07) is 15.0. The van der Waals surface area contributed by atoms with E-state index in [1.54, 1.807) is 23.1 Å². The first-order valence-corrected chi connectivity index (χ1v) is 9.72. The first-order valence-electron chi connectivity index (χ1n) is 9.72. The molecule has 0 saturated heterocycles. The summed E-state index contributed by atoms with van der Waals surface area (Å²) in [5.41, 5.74) is 2.30. The molecule has 2 heterocycles. The SMILES string of the molecule is CC(C)N(Cc1nc2ccccc2c(=O)[nH]1)C(=O)CCc1nc2ccccc2[nH]1. The number of carbonyl (C=O) groups is 1. The molecule has 1 amide bonds. The van der Waals surface area contributed by atoms with Gasteiger partial charge in [-0.25, -0.2) is 9.97 Å². The minimum atomic E-state index is -0.191. The van der Waals surface area contributed by atoms with Gasteiger partial charge in [0.15, 0.2) is 0 Å². The van der Waals surface area contributed by atoms with Gasteiger partial charge in [-0.1, -0.05) is 24.3 Å². The van der Waals surface area contributed by atoms with Crippen molar-refractivity contribution in [3.63, 3.8) is 0 Å². The van der Waals surface area contributed by atoms with Gasteiger partial charge < -0.3 is 14.9 Å². The maximum absolute atomic E-state index is 12.9. The zero-order valence-electron chi connectivity index (χ0n) is 16.5. The summed E-state index contributed by atoms with van der Waals surface area (Å²) < 4.78 is 0. The Balaban J connectivity index is 1.49. The summed E-state index contributed by atoms with van der Waals surface area (Å²) in [6.07, 6.45) is 0.855. The molecule has 7 heteroatoms. The topological polar surface area (TPSA) is 94.7 Å². The lowest BCUT2D eigenvalue weighted by Gasteiger charge is -2.26. The molecule has 0 spiro atoms. The van der Waals surface area contributed by atoms with E-state index in [1.165, 1.54) is 0 Å². The maximum atomic E-state index is 12.9. The number of aryl methyl sites for hydroxylation is 1. The Morgan fingerprint density at radius 3 is 2.41 bits per heavy atom. The number of hydrogen-bond donors (Lipinski definition) is 2. The molecule has 0 atom stereocenters. The van der Waals surface area contributed by atoms with Crippen molar-refractivity contribution in [1.29, 1.82) is 0 Å². The fourth-order valence-corrected chi connectivity index (χ4v) is 3.42. The first-order chi connectivity index (χ1) is 14.0. The lowest BCUT2D eigenvalue weighted by Crippen LogP contribution is -2.37. The molecule has 2 aromatic carbocycles. The summed E-state index contributed by atoms with van der Waals surface area (Å²) in [6.45, 7) is 4.17. The van der Waals surface area contributed by atoms with Gasteiger partial charge in [0.25, 0.3) is 5.56 Å². The fraction of sp³-hybridized carbons (Fsp3) is 0.273. The number of nitrogens with one attached hydrogen (secondary N) is 2. The van der Waals surface area contributed by atoms with Gasteiger partial charge in [-0.3, -0.25) is 9.59 Å².